The van der Waals surface area contributed by atoms with Gasteiger partial charge in [-0.05, 0) is 43.4 Å². The third-order valence-corrected chi connectivity index (χ3v) is 6.11. The molecule has 1 aromatic heterocycles. The third-order valence-electron chi connectivity index (χ3n) is 6.11. The maximum absolute atomic E-state index is 12.8. The number of amides is 2. The van der Waals surface area contributed by atoms with E-state index in [9.17, 15) is 14.7 Å². The summed E-state index contributed by atoms with van der Waals surface area (Å²) in [7, 11) is 3.96. The van der Waals surface area contributed by atoms with E-state index in [2.05, 4.69) is 16.8 Å². The molecule has 7 heteroatoms. The zero-order chi connectivity index (χ0) is 22.7. The number of benzene rings is 1. The SMILES string of the molecule is CN(C)CC#Cc1ccc([C@H]2[C@H](CO)N3C(=O)CN(C(=O)Cc4cccnc4)C[C@@H]23)cc1. The molecule has 2 aliphatic rings. The summed E-state index contributed by atoms with van der Waals surface area (Å²) in [5, 5.41) is 9.96. The van der Waals surface area contributed by atoms with Crippen LogP contribution in [-0.4, -0.2) is 89.0 Å². The first-order valence-electron chi connectivity index (χ1n) is 10.8. The number of rotatable bonds is 5. The van der Waals surface area contributed by atoms with Crippen molar-refractivity contribution in [1.82, 2.24) is 19.7 Å². The first-order valence-corrected chi connectivity index (χ1v) is 10.8. The van der Waals surface area contributed by atoms with Crippen LogP contribution >= 0.6 is 0 Å². The predicted octanol–water partition coefficient (Wildman–Crippen LogP) is 0.735. The van der Waals surface area contributed by atoms with E-state index in [1.54, 1.807) is 28.3 Å². The van der Waals surface area contributed by atoms with Crippen LogP contribution in [-0.2, 0) is 16.0 Å². The number of aliphatic hydroxyl groups excluding tert-OH is 1. The molecule has 7 nitrogen and oxygen atoms in total. The lowest BCUT2D eigenvalue weighted by Gasteiger charge is -2.58. The summed E-state index contributed by atoms with van der Waals surface area (Å²) in [6.07, 6.45) is 3.57. The number of carbonyl (C=O) groups is 2. The number of piperazine rings is 1. The smallest absolute Gasteiger partial charge is 0.242 e. The molecule has 0 spiro atoms. The standard InChI is InChI=1S/C25H28N4O3/c1-27(2)12-4-6-18-7-9-20(10-8-18)25-21-15-28(16-24(32)29(21)22(25)17-30)23(31)13-19-5-3-11-26-14-19/h3,5,7-11,14,21-22,25,30H,12-13,15-17H2,1-2H3/t21-,22-,25+/m0/s1. The number of nitrogens with zero attached hydrogens (tertiary/aromatic N) is 4. The van der Waals surface area contributed by atoms with Gasteiger partial charge in [0.05, 0.1) is 38.2 Å². The monoisotopic (exact) mass is 432 g/mol. The molecule has 0 radical (unpaired) electrons. The first-order chi connectivity index (χ1) is 15.5. The summed E-state index contributed by atoms with van der Waals surface area (Å²) in [6.45, 7) is 1.12. The van der Waals surface area contributed by atoms with Crippen molar-refractivity contribution >= 4 is 11.8 Å². The zero-order valence-electron chi connectivity index (χ0n) is 18.4. The largest absolute Gasteiger partial charge is 0.394 e. The van der Waals surface area contributed by atoms with Crippen molar-refractivity contribution in [3.05, 3.63) is 65.5 Å². The highest BCUT2D eigenvalue weighted by Gasteiger charge is 2.54. The van der Waals surface area contributed by atoms with E-state index in [0.717, 1.165) is 16.7 Å². The van der Waals surface area contributed by atoms with E-state index in [4.69, 9.17) is 0 Å². The van der Waals surface area contributed by atoms with Gasteiger partial charge >= 0.3 is 0 Å². The van der Waals surface area contributed by atoms with Gasteiger partial charge in [0.25, 0.3) is 0 Å². The molecule has 0 bridgehead atoms. The lowest BCUT2D eigenvalue weighted by atomic mass is 9.73. The fourth-order valence-corrected chi connectivity index (χ4v) is 4.57. The van der Waals surface area contributed by atoms with Crippen molar-refractivity contribution in [2.45, 2.75) is 24.4 Å². The van der Waals surface area contributed by atoms with E-state index < -0.39 is 0 Å². The normalized spacial score (nSPS) is 22.1. The molecule has 4 rings (SSSR count). The highest BCUT2D eigenvalue weighted by Crippen LogP contribution is 2.42. The van der Waals surface area contributed by atoms with Crippen LogP contribution in [0, 0.1) is 11.8 Å². The first kappa shape index (κ1) is 22.0. The Balaban J connectivity index is 1.48. The van der Waals surface area contributed by atoms with Crippen molar-refractivity contribution in [2.24, 2.45) is 0 Å². The number of aliphatic hydroxyl groups is 1. The van der Waals surface area contributed by atoms with Crippen molar-refractivity contribution in [3.63, 3.8) is 0 Å². The van der Waals surface area contributed by atoms with Gasteiger partial charge in [0.2, 0.25) is 11.8 Å². The van der Waals surface area contributed by atoms with Crippen LogP contribution < -0.4 is 0 Å². The molecule has 1 N–H and O–H groups in total. The fourth-order valence-electron chi connectivity index (χ4n) is 4.57. The lowest BCUT2D eigenvalue weighted by Crippen LogP contribution is -2.73. The number of hydrogen-bond acceptors (Lipinski definition) is 5. The number of aromatic nitrogens is 1. The molecule has 2 amide bonds. The summed E-state index contributed by atoms with van der Waals surface area (Å²) in [5.41, 5.74) is 2.81. The lowest BCUT2D eigenvalue weighted by molar-refractivity contribution is -0.166. The van der Waals surface area contributed by atoms with Gasteiger partial charge in [0, 0.05) is 30.4 Å². The van der Waals surface area contributed by atoms with Crippen LogP contribution in [0.4, 0.5) is 0 Å². The van der Waals surface area contributed by atoms with Crippen molar-refractivity contribution in [1.29, 1.82) is 0 Å². The van der Waals surface area contributed by atoms with E-state index in [0.29, 0.717) is 13.1 Å². The Bertz CT molecular complexity index is 1030. The molecule has 2 aromatic rings. The van der Waals surface area contributed by atoms with Gasteiger partial charge in [-0.15, -0.1) is 0 Å². The summed E-state index contributed by atoms with van der Waals surface area (Å²) in [4.78, 5) is 35.1. The Labute approximate surface area is 188 Å². The van der Waals surface area contributed by atoms with Gasteiger partial charge in [0.1, 0.15) is 0 Å². The molecule has 166 valence electrons. The van der Waals surface area contributed by atoms with Crippen LogP contribution in [0.1, 0.15) is 22.6 Å². The number of hydrogen-bond donors (Lipinski definition) is 1. The second-order valence-corrected chi connectivity index (χ2v) is 8.62. The molecule has 2 saturated heterocycles. The van der Waals surface area contributed by atoms with Gasteiger partial charge in [-0.25, -0.2) is 0 Å². The molecule has 0 unspecified atom stereocenters. The number of pyridine rings is 1. The van der Waals surface area contributed by atoms with E-state index in [1.165, 1.54) is 0 Å². The minimum absolute atomic E-state index is 0.0123. The summed E-state index contributed by atoms with van der Waals surface area (Å²) in [5.74, 6) is 6.07. The van der Waals surface area contributed by atoms with Gasteiger partial charge < -0.3 is 14.9 Å². The van der Waals surface area contributed by atoms with Crippen LogP contribution in [0.5, 0.6) is 0 Å². The van der Waals surface area contributed by atoms with Crippen LogP contribution in [0.3, 0.4) is 0 Å². The minimum atomic E-state index is -0.256. The molecule has 1 aromatic carbocycles. The molecule has 2 aliphatic heterocycles. The van der Waals surface area contributed by atoms with Crippen LogP contribution in [0.2, 0.25) is 0 Å². The molecule has 3 heterocycles. The van der Waals surface area contributed by atoms with Crippen LogP contribution in [0.15, 0.2) is 48.8 Å². The summed E-state index contributed by atoms with van der Waals surface area (Å²) in [6, 6.07) is 11.3. The summed E-state index contributed by atoms with van der Waals surface area (Å²) >= 11 is 0. The fraction of sp³-hybridized carbons (Fsp3) is 0.400. The molecule has 0 saturated carbocycles. The summed E-state index contributed by atoms with van der Waals surface area (Å²) < 4.78 is 0. The Kier molecular flexibility index (Phi) is 6.54. The molecule has 2 fully saturated rings. The Hall–Kier alpha value is -3.21. The van der Waals surface area contributed by atoms with E-state index in [1.807, 2.05) is 49.3 Å². The zero-order valence-corrected chi connectivity index (χ0v) is 18.4. The quantitative estimate of drug-likeness (QED) is 0.705. The number of carbonyl (C=O) groups excluding carboxylic acids is 2. The molecule has 3 atom stereocenters. The van der Waals surface area contributed by atoms with E-state index >= 15 is 0 Å². The maximum Gasteiger partial charge on any atom is 0.242 e. The highest BCUT2D eigenvalue weighted by molar-refractivity contribution is 5.88. The van der Waals surface area contributed by atoms with Gasteiger partial charge in [-0.1, -0.05) is 30.0 Å². The number of fused-ring (bicyclic) bond motifs is 1. The molecular formula is C25H28N4O3. The Morgan fingerprint density at radius 3 is 2.69 bits per heavy atom. The second kappa shape index (κ2) is 9.51. The highest BCUT2D eigenvalue weighted by atomic mass is 16.3. The Morgan fingerprint density at radius 2 is 2.03 bits per heavy atom. The third kappa shape index (κ3) is 4.52. The molecule has 0 aliphatic carbocycles. The predicted molar refractivity (Wildman–Crippen MR) is 121 cm³/mol. The van der Waals surface area contributed by atoms with Crippen molar-refractivity contribution < 1.29 is 14.7 Å². The van der Waals surface area contributed by atoms with E-state index in [-0.39, 0.29) is 49.4 Å². The van der Waals surface area contributed by atoms with Gasteiger partial charge in [-0.2, -0.15) is 0 Å². The average Bonchev–Trinajstić information content (AvgIpc) is 2.76. The van der Waals surface area contributed by atoms with Crippen molar-refractivity contribution in [2.75, 3.05) is 40.3 Å². The molecular weight excluding hydrogens is 404 g/mol. The van der Waals surface area contributed by atoms with Crippen LogP contribution in [0.25, 0.3) is 0 Å². The van der Waals surface area contributed by atoms with Crippen molar-refractivity contribution in [3.8, 4) is 11.8 Å². The average molecular weight is 433 g/mol. The van der Waals surface area contributed by atoms with Gasteiger partial charge in [0.15, 0.2) is 0 Å². The van der Waals surface area contributed by atoms with Gasteiger partial charge in [-0.3, -0.25) is 19.5 Å². The molecule has 32 heavy (non-hydrogen) atoms. The second-order valence-electron chi connectivity index (χ2n) is 8.62. The topological polar surface area (TPSA) is 77.0 Å². The minimum Gasteiger partial charge on any atom is -0.394 e. The Morgan fingerprint density at radius 1 is 1.25 bits per heavy atom. The maximum atomic E-state index is 12.8.